The predicted octanol–water partition coefficient (Wildman–Crippen LogP) is 1.98. The molecule has 1 aromatic rings. The van der Waals surface area contributed by atoms with Gasteiger partial charge in [-0.05, 0) is 52.1 Å². The Morgan fingerprint density at radius 3 is 2.44 bits per heavy atom. The third kappa shape index (κ3) is 2.75. The highest BCUT2D eigenvalue weighted by molar-refractivity contribution is 5.42. The maximum Gasteiger partial charge on any atom is -0.0152 e. The van der Waals surface area contributed by atoms with E-state index >= 15 is 0 Å². The van der Waals surface area contributed by atoms with Crippen molar-refractivity contribution in [2.24, 2.45) is 0 Å². The Morgan fingerprint density at radius 2 is 1.72 bits per heavy atom. The highest BCUT2D eigenvalue weighted by Gasteiger charge is 2.01. The molecule has 0 atom stereocenters. The van der Waals surface area contributed by atoms with Crippen molar-refractivity contribution in [3.8, 4) is 0 Å². The summed E-state index contributed by atoms with van der Waals surface area (Å²) < 4.78 is 0. The molecule has 0 unspecified atom stereocenters. The van der Waals surface area contributed by atoms with Gasteiger partial charge in [0.2, 0.25) is 0 Å². The molecule has 0 fully saturated rings. The molecule has 0 aliphatic heterocycles. The van der Waals surface area contributed by atoms with Crippen molar-refractivity contribution in [2.75, 3.05) is 0 Å². The summed E-state index contributed by atoms with van der Waals surface area (Å²) in [5.74, 6) is 0. The molecular formula is C18H24. The summed E-state index contributed by atoms with van der Waals surface area (Å²) in [4.78, 5) is 0. The van der Waals surface area contributed by atoms with Gasteiger partial charge < -0.3 is 0 Å². The number of aryl methyl sites for hydroxylation is 1. The summed E-state index contributed by atoms with van der Waals surface area (Å²) in [6.07, 6.45) is 13.3. The van der Waals surface area contributed by atoms with Gasteiger partial charge in [-0.25, -0.2) is 0 Å². The zero-order valence-corrected chi connectivity index (χ0v) is 11.6. The second-order valence-corrected chi connectivity index (χ2v) is 5.30. The molecule has 0 spiro atoms. The first-order valence-electron chi connectivity index (χ1n) is 7.24. The van der Waals surface area contributed by atoms with Gasteiger partial charge in [0.05, 0.1) is 0 Å². The molecule has 0 amide bonds. The van der Waals surface area contributed by atoms with Gasteiger partial charge >= 0.3 is 0 Å². The lowest BCUT2D eigenvalue weighted by Crippen LogP contribution is -2.49. The molecule has 2 rings (SSSR count). The largest absolute Gasteiger partial charge is 0.0911 e. The summed E-state index contributed by atoms with van der Waals surface area (Å²) in [6, 6.07) is 2.25. The van der Waals surface area contributed by atoms with Crippen molar-refractivity contribution >= 4 is 25.3 Å². The highest BCUT2D eigenvalue weighted by Crippen LogP contribution is 2.03. The summed E-state index contributed by atoms with van der Waals surface area (Å²) in [5.41, 5.74) is 1.40. The number of hydrogen-bond donors (Lipinski definition) is 0. The molecule has 0 saturated heterocycles. The van der Waals surface area contributed by atoms with Crippen molar-refractivity contribution in [3.05, 3.63) is 32.5 Å². The van der Waals surface area contributed by atoms with E-state index in [0.717, 1.165) is 19.3 Å². The molecule has 1 aliphatic carbocycles. The van der Waals surface area contributed by atoms with E-state index in [-0.39, 0.29) is 0 Å². The maximum absolute atomic E-state index is 4.29. The van der Waals surface area contributed by atoms with Crippen LogP contribution in [0, 0.1) is 0 Å². The van der Waals surface area contributed by atoms with Crippen LogP contribution in [0.1, 0.15) is 51.0 Å². The van der Waals surface area contributed by atoms with Crippen LogP contribution in [0.5, 0.6) is 0 Å². The smallest absolute Gasteiger partial charge is 0.0152 e. The van der Waals surface area contributed by atoms with Gasteiger partial charge in [-0.1, -0.05) is 57.6 Å². The second kappa shape index (κ2) is 6.04. The van der Waals surface area contributed by atoms with Crippen molar-refractivity contribution in [1.82, 2.24) is 0 Å². The molecule has 0 nitrogen and oxygen atoms in total. The molecule has 0 radical (unpaired) electrons. The van der Waals surface area contributed by atoms with Crippen molar-refractivity contribution < 1.29 is 0 Å². The Labute approximate surface area is 110 Å². The van der Waals surface area contributed by atoms with Crippen molar-refractivity contribution in [1.29, 1.82) is 0 Å². The van der Waals surface area contributed by atoms with E-state index in [1.165, 1.54) is 52.1 Å². The first kappa shape index (κ1) is 13.1. The van der Waals surface area contributed by atoms with Gasteiger partial charge in [-0.15, -0.1) is 0 Å². The normalized spacial score (nSPS) is 13.6. The van der Waals surface area contributed by atoms with Crippen LogP contribution in [0.25, 0.3) is 25.3 Å². The van der Waals surface area contributed by atoms with Crippen LogP contribution in [0.2, 0.25) is 0 Å². The highest BCUT2D eigenvalue weighted by atomic mass is 14.1. The summed E-state index contributed by atoms with van der Waals surface area (Å²) in [7, 11) is 0. The van der Waals surface area contributed by atoms with Crippen LogP contribution in [0.4, 0.5) is 0 Å². The molecule has 0 bridgehead atoms. The van der Waals surface area contributed by atoms with Crippen LogP contribution in [-0.2, 0) is 6.42 Å². The first-order valence-corrected chi connectivity index (χ1v) is 7.24. The third-order valence-electron chi connectivity index (χ3n) is 3.86. The number of benzene rings is 1. The van der Waals surface area contributed by atoms with Crippen LogP contribution in [0.15, 0.2) is 6.07 Å². The number of hydrogen-bond acceptors (Lipinski definition) is 0. The first-order chi connectivity index (χ1) is 8.74. The molecule has 0 aromatic heterocycles. The summed E-state index contributed by atoms with van der Waals surface area (Å²) in [6.45, 7) is 10.8. The van der Waals surface area contributed by atoms with Gasteiger partial charge in [0, 0.05) is 0 Å². The van der Waals surface area contributed by atoms with E-state index in [9.17, 15) is 0 Å². The number of rotatable bonds is 5. The van der Waals surface area contributed by atoms with Crippen LogP contribution >= 0.6 is 0 Å². The minimum atomic E-state index is 1.14. The minimum absolute atomic E-state index is 1.14. The zero-order chi connectivity index (χ0) is 13.0. The van der Waals surface area contributed by atoms with E-state index in [1.54, 1.807) is 0 Å². The molecule has 1 aliphatic rings. The van der Waals surface area contributed by atoms with Crippen LogP contribution in [0.3, 0.4) is 0 Å². The SMILES string of the molecule is C=c1cc(CCCCCC)c(=C)c2c1=CCCC=2. The van der Waals surface area contributed by atoms with Gasteiger partial charge in [0.25, 0.3) is 0 Å². The van der Waals surface area contributed by atoms with Crippen LogP contribution in [-0.4, -0.2) is 0 Å². The fourth-order valence-electron chi connectivity index (χ4n) is 2.78. The fraction of sp³-hybridized carbons (Fsp3) is 0.444. The molecule has 1 aromatic carbocycles. The maximum atomic E-state index is 4.29. The fourth-order valence-corrected chi connectivity index (χ4v) is 2.78. The Balaban J connectivity index is 2.32. The number of fused-ring (bicyclic) bond motifs is 1. The molecule has 0 saturated carbocycles. The predicted molar refractivity (Wildman–Crippen MR) is 82.0 cm³/mol. The molecule has 0 heteroatoms. The van der Waals surface area contributed by atoms with Gasteiger partial charge in [0.15, 0.2) is 0 Å². The Bertz CT molecular complexity index is 619. The topological polar surface area (TPSA) is 0 Å². The average molecular weight is 240 g/mol. The molecule has 0 N–H and O–H groups in total. The Morgan fingerprint density at radius 1 is 1.00 bits per heavy atom. The van der Waals surface area contributed by atoms with Gasteiger partial charge in [-0.3, -0.25) is 0 Å². The van der Waals surface area contributed by atoms with E-state index in [1.807, 2.05) is 0 Å². The van der Waals surface area contributed by atoms with Gasteiger partial charge in [0.1, 0.15) is 0 Å². The second-order valence-electron chi connectivity index (χ2n) is 5.30. The third-order valence-corrected chi connectivity index (χ3v) is 3.86. The van der Waals surface area contributed by atoms with E-state index in [4.69, 9.17) is 0 Å². The Hall–Kier alpha value is -1.30. The quantitative estimate of drug-likeness (QED) is 0.691. The lowest BCUT2D eigenvalue weighted by atomic mass is 9.98. The average Bonchev–Trinajstić information content (AvgIpc) is 2.40. The van der Waals surface area contributed by atoms with Crippen LogP contribution < -0.4 is 20.9 Å². The molecule has 0 heterocycles. The number of unbranched alkanes of at least 4 members (excludes halogenated alkanes) is 3. The van der Waals surface area contributed by atoms with Crippen molar-refractivity contribution in [2.45, 2.75) is 51.9 Å². The van der Waals surface area contributed by atoms with E-state index in [0.29, 0.717) is 0 Å². The standard InChI is InChI=1S/C18H24/c1-4-5-6-7-10-16-13-14(2)17-11-8-9-12-18(17)15(16)3/h11-13H,2-10H2,1H3. The molecule has 96 valence electrons. The minimum Gasteiger partial charge on any atom is -0.0911 e. The zero-order valence-electron chi connectivity index (χ0n) is 11.6. The van der Waals surface area contributed by atoms with Gasteiger partial charge in [-0.2, -0.15) is 0 Å². The monoisotopic (exact) mass is 240 g/mol. The van der Waals surface area contributed by atoms with Crippen molar-refractivity contribution in [3.63, 3.8) is 0 Å². The van der Waals surface area contributed by atoms with E-state index < -0.39 is 0 Å². The summed E-state index contributed by atoms with van der Waals surface area (Å²) in [5, 5.41) is 5.09. The van der Waals surface area contributed by atoms with E-state index in [2.05, 4.69) is 38.3 Å². The lowest BCUT2D eigenvalue weighted by molar-refractivity contribution is 0.665. The summed E-state index contributed by atoms with van der Waals surface area (Å²) >= 11 is 0. The Kier molecular flexibility index (Phi) is 4.41. The molecule has 18 heavy (non-hydrogen) atoms. The molecular weight excluding hydrogens is 216 g/mol. The lowest BCUT2D eigenvalue weighted by Gasteiger charge is -2.07.